The Bertz CT molecular complexity index is 1320. The van der Waals surface area contributed by atoms with Crippen molar-refractivity contribution in [2.45, 2.75) is 6.54 Å². The van der Waals surface area contributed by atoms with Crippen molar-refractivity contribution < 1.29 is 9.53 Å². The van der Waals surface area contributed by atoms with E-state index in [9.17, 15) is 4.79 Å². The topological polar surface area (TPSA) is 136 Å². The molecule has 4 aromatic rings. The Morgan fingerprint density at radius 1 is 1.15 bits per heavy atom. The summed E-state index contributed by atoms with van der Waals surface area (Å²) in [5, 5.41) is 0.171. The Kier molecular flexibility index (Phi) is 6.18. The molecular weight excluding hydrogens is 478 g/mol. The van der Waals surface area contributed by atoms with Gasteiger partial charge in [-0.2, -0.15) is 0 Å². The third kappa shape index (κ3) is 4.60. The number of ether oxygens (including phenoxy) is 1. The second kappa shape index (κ2) is 9.41. The average Bonchev–Trinajstić information content (AvgIpc) is 3.26. The molecule has 0 atom stereocenters. The minimum Gasteiger partial charge on any atom is -0.378 e. The van der Waals surface area contributed by atoms with Gasteiger partial charge in [0.25, 0.3) is 5.91 Å². The first-order valence-electron chi connectivity index (χ1n) is 10.4. The van der Waals surface area contributed by atoms with Crippen molar-refractivity contribution in [1.82, 2.24) is 29.9 Å². The Morgan fingerprint density at radius 2 is 1.85 bits per heavy atom. The number of nitrogens with zero attached hydrogens (tertiary/aromatic N) is 8. The number of hydrogen-bond acceptors (Lipinski definition) is 11. The molecule has 0 radical (unpaired) electrons. The largest absolute Gasteiger partial charge is 0.378 e. The van der Waals surface area contributed by atoms with Crippen molar-refractivity contribution in [1.29, 1.82) is 0 Å². The molecule has 1 amide bonds. The van der Waals surface area contributed by atoms with Gasteiger partial charge < -0.3 is 20.3 Å². The first kappa shape index (κ1) is 22.3. The van der Waals surface area contributed by atoms with E-state index in [0.29, 0.717) is 37.1 Å². The summed E-state index contributed by atoms with van der Waals surface area (Å²) in [4.78, 5) is 42.7. The molecule has 0 spiro atoms. The van der Waals surface area contributed by atoms with Gasteiger partial charge in [0.1, 0.15) is 0 Å². The summed E-state index contributed by atoms with van der Waals surface area (Å²) >= 11 is 7.48. The normalized spacial score (nSPS) is 13.9. The third-order valence-corrected chi connectivity index (χ3v) is 6.55. The Balaban J connectivity index is 1.50. The molecule has 5 rings (SSSR count). The number of halogens is 1. The lowest BCUT2D eigenvalue weighted by Crippen LogP contribution is -2.36. The van der Waals surface area contributed by atoms with Gasteiger partial charge in [0, 0.05) is 49.8 Å². The summed E-state index contributed by atoms with van der Waals surface area (Å²) in [7, 11) is 1.88. The molecule has 0 bridgehead atoms. The maximum atomic E-state index is 11.3. The van der Waals surface area contributed by atoms with Crippen LogP contribution >= 0.6 is 22.9 Å². The van der Waals surface area contributed by atoms with Crippen molar-refractivity contribution in [2.75, 3.05) is 43.2 Å². The van der Waals surface area contributed by atoms with E-state index >= 15 is 0 Å². The Morgan fingerprint density at radius 3 is 2.53 bits per heavy atom. The van der Waals surface area contributed by atoms with Crippen LogP contribution < -0.4 is 15.5 Å². The highest BCUT2D eigenvalue weighted by Crippen LogP contribution is 2.35. The SMILES string of the molecule is CN(Cc1cc2nc(-c3cnc(Cl)nc3)nc(N3CCOCC3)c2s1)c1ncc(C(N)=O)cn1. The molecule has 5 heterocycles. The van der Waals surface area contributed by atoms with Crippen molar-refractivity contribution in [3.8, 4) is 11.4 Å². The predicted molar refractivity (Wildman–Crippen MR) is 129 cm³/mol. The van der Waals surface area contributed by atoms with E-state index in [1.807, 2.05) is 18.0 Å². The average molecular weight is 498 g/mol. The number of amides is 1. The van der Waals surface area contributed by atoms with Crippen LogP contribution in [0.2, 0.25) is 5.28 Å². The first-order valence-corrected chi connectivity index (χ1v) is 11.6. The molecule has 0 saturated carbocycles. The molecule has 4 aromatic heterocycles. The molecule has 174 valence electrons. The van der Waals surface area contributed by atoms with Gasteiger partial charge in [0.05, 0.1) is 41.1 Å². The standard InChI is InChI=1S/C21H20ClN9O2S/c1-30(21-26-7-12(8-27-21)17(23)32)11-14-6-15-16(34-14)19(31-2-4-33-5-3-31)29-18(28-15)13-9-24-20(22)25-10-13/h6-10H,2-5,11H2,1H3,(H2,23,32). The number of aromatic nitrogens is 6. The molecule has 2 N–H and O–H groups in total. The zero-order valence-electron chi connectivity index (χ0n) is 18.2. The maximum Gasteiger partial charge on any atom is 0.251 e. The number of nitrogens with two attached hydrogens (primary N) is 1. The second-order valence-corrected chi connectivity index (χ2v) is 9.10. The van der Waals surface area contributed by atoms with Crippen LogP contribution in [0, 0.1) is 0 Å². The van der Waals surface area contributed by atoms with Crippen LogP contribution in [-0.4, -0.2) is 69.2 Å². The lowest BCUT2D eigenvalue weighted by atomic mass is 10.3. The van der Waals surface area contributed by atoms with Crippen LogP contribution in [0.4, 0.5) is 11.8 Å². The van der Waals surface area contributed by atoms with Gasteiger partial charge in [-0.05, 0) is 17.7 Å². The predicted octanol–water partition coefficient (Wildman–Crippen LogP) is 2.16. The van der Waals surface area contributed by atoms with Crippen LogP contribution in [0.3, 0.4) is 0 Å². The molecule has 34 heavy (non-hydrogen) atoms. The number of anilines is 2. The zero-order valence-corrected chi connectivity index (χ0v) is 19.8. The fourth-order valence-electron chi connectivity index (χ4n) is 3.54. The highest BCUT2D eigenvalue weighted by molar-refractivity contribution is 7.19. The number of thiophene rings is 1. The summed E-state index contributed by atoms with van der Waals surface area (Å²) in [6, 6.07) is 2.04. The van der Waals surface area contributed by atoms with Crippen LogP contribution in [-0.2, 0) is 11.3 Å². The lowest BCUT2D eigenvalue weighted by molar-refractivity contribution is 0.0999. The summed E-state index contributed by atoms with van der Waals surface area (Å²) in [6.07, 6.45) is 6.09. The van der Waals surface area contributed by atoms with Gasteiger partial charge in [-0.25, -0.2) is 29.9 Å². The van der Waals surface area contributed by atoms with E-state index < -0.39 is 5.91 Å². The lowest BCUT2D eigenvalue weighted by Gasteiger charge is -2.28. The first-order chi connectivity index (χ1) is 16.5. The van der Waals surface area contributed by atoms with E-state index in [1.165, 1.54) is 12.4 Å². The highest BCUT2D eigenvalue weighted by Gasteiger charge is 2.21. The number of fused-ring (bicyclic) bond motifs is 1. The molecule has 13 heteroatoms. The van der Waals surface area contributed by atoms with Crippen molar-refractivity contribution in [2.24, 2.45) is 5.73 Å². The molecule has 1 aliphatic heterocycles. The van der Waals surface area contributed by atoms with Crippen LogP contribution in [0.5, 0.6) is 0 Å². The molecule has 1 aliphatic rings. The fourth-order valence-corrected chi connectivity index (χ4v) is 4.80. The number of primary amides is 1. The van der Waals surface area contributed by atoms with E-state index in [0.717, 1.165) is 34.0 Å². The highest BCUT2D eigenvalue weighted by atomic mass is 35.5. The van der Waals surface area contributed by atoms with Gasteiger partial charge >= 0.3 is 0 Å². The van der Waals surface area contributed by atoms with E-state index in [1.54, 1.807) is 23.7 Å². The second-order valence-electron chi connectivity index (χ2n) is 7.63. The number of rotatable bonds is 6. The number of morpholine rings is 1. The summed E-state index contributed by atoms with van der Waals surface area (Å²) in [5.41, 5.74) is 7.06. The van der Waals surface area contributed by atoms with Crippen molar-refractivity contribution >= 4 is 50.8 Å². The van der Waals surface area contributed by atoms with Crippen LogP contribution in [0.25, 0.3) is 21.6 Å². The van der Waals surface area contributed by atoms with Gasteiger partial charge in [-0.3, -0.25) is 4.79 Å². The van der Waals surface area contributed by atoms with Gasteiger partial charge in [-0.15, -0.1) is 11.3 Å². The fraction of sp³-hybridized carbons (Fsp3) is 0.286. The summed E-state index contributed by atoms with van der Waals surface area (Å²) in [5.74, 6) is 1.32. The minimum absolute atomic E-state index is 0.171. The van der Waals surface area contributed by atoms with E-state index in [-0.39, 0.29) is 10.8 Å². The van der Waals surface area contributed by atoms with Crippen molar-refractivity contribution in [3.63, 3.8) is 0 Å². The van der Waals surface area contributed by atoms with Gasteiger partial charge in [0.2, 0.25) is 11.2 Å². The van der Waals surface area contributed by atoms with Crippen molar-refractivity contribution in [3.05, 3.63) is 46.6 Å². The number of hydrogen-bond donors (Lipinski definition) is 1. The smallest absolute Gasteiger partial charge is 0.251 e. The van der Waals surface area contributed by atoms with Crippen LogP contribution in [0.1, 0.15) is 15.2 Å². The number of carbonyl (C=O) groups excluding carboxylic acids is 1. The van der Waals surface area contributed by atoms with E-state index in [2.05, 4.69) is 24.8 Å². The monoisotopic (exact) mass is 497 g/mol. The molecule has 0 aliphatic carbocycles. The van der Waals surface area contributed by atoms with E-state index in [4.69, 9.17) is 32.0 Å². The summed E-state index contributed by atoms with van der Waals surface area (Å²) < 4.78 is 6.52. The third-order valence-electron chi connectivity index (χ3n) is 5.25. The summed E-state index contributed by atoms with van der Waals surface area (Å²) in [6.45, 7) is 3.33. The zero-order chi connectivity index (χ0) is 23.7. The molecular formula is C21H20ClN9O2S. The van der Waals surface area contributed by atoms with Crippen LogP contribution in [0.15, 0.2) is 30.9 Å². The number of carbonyl (C=O) groups is 1. The Labute approximate surface area is 203 Å². The maximum absolute atomic E-state index is 11.3. The quantitative estimate of drug-likeness (QED) is 0.394. The molecule has 1 saturated heterocycles. The molecule has 0 unspecified atom stereocenters. The van der Waals surface area contributed by atoms with Gasteiger partial charge in [-0.1, -0.05) is 0 Å². The molecule has 1 fully saturated rings. The van der Waals surface area contributed by atoms with Gasteiger partial charge in [0.15, 0.2) is 11.6 Å². The minimum atomic E-state index is -0.560. The molecule has 11 nitrogen and oxygen atoms in total. The molecule has 0 aromatic carbocycles. The Hall–Kier alpha value is -3.48.